The van der Waals surface area contributed by atoms with Crippen LogP contribution in [0.4, 0.5) is 0 Å². The van der Waals surface area contributed by atoms with E-state index in [0.29, 0.717) is 0 Å². The largest absolute Gasteiger partial charge is 0.256 e. The fourth-order valence-corrected chi connectivity index (χ4v) is 1.02. The predicted octanol–water partition coefficient (Wildman–Crippen LogP) is 3.76. The average Bonchev–Trinajstić information content (AvgIpc) is 2.17. The molecule has 0 unspecified atom stereocenters. The van der Waals surface area contributed by atoms with Crippen molar-refractivity contribution in [3.63, 3.8) is 0 Å². The second-order valence-electron chi connectivity index (χ2n) is 3.93. The Kier molecular flexibility index (Phi) is 6.44. The van der Waals surface area contributed by atoms with Crippen molar-refractivity contribution < 1.29 is 1.43 Å². The fraction of sp³-hybridized carbons (Fsp3) is 0.308. The van der Waals surface area contributed by atoms with Gasteiger partial charge in [-0.2, -0.15) is 0 Å². The first-order valence-corrected chi connectivity index (χ1v) is 5.00. The van der Waals surface area contributed by atoms with E-state index in [1.807, 2.05) is 30.5 Å². The van der Waals surface area contributed by atoms with Crippen LogP contribution in [0.3, 0.4) is 0 Å². The molecule has 0 spiro atoms. The highest BCUT2D eigenvalue weighted by Crippen LogP contribution is 2.07. The lowest BCUT2D eigenvalue weighted by Crippen LogP contribution is -1.73. The molecule has 1 nitrogen and oxygen atoms in total. The normalized spacial score (nSPS) is 9.07. The number of hydrogen-bond acceptors (Lipinski definition) is 1. The minimum Gasteiger partial charge on any atom is -0.256 e. The van der Waals surface area contributed by atoms with E-state index >= 15 is 0 Å². The Morgan fingerprint density at radius 1 is 1.00 bits per heavy atom. The Labute approximate surface area is 95.6 Å². The van der Waals surface area contributed by atoms with Crippen LogP contribution in [0.15, 0.2) is 42.6 Å². The number of fused-ring (bicyclic) bond motifs is 1. The molecule has 0 atom stereocenters. The molecule has 79 valence electrons. The van der Waals surface area contributed by atoms with Crippen LogP contribution in [0, 0.1) is 5.92 Å². The first-order chi connectivity index (χ1) is 6.70. The Morgan fingerprint density at radius 2 is 1.53 bits per heavy atom. The van der Waals surface area contributed by atoms with Crippen LogP contribution in [0.2, 0.25) is 0 Å². The lowest BCUT2D eigenvalue weighted by Gasteiger charge is -1.91. The van der Waals surface area contributed by atoms with E-state index in [-0.39, 0.29) is 9.84 Å². The van der Waals surface area contributed by atoms with Crippen LogP contribution < -0.4 is 0 Å². The maximum absolute atomic E-state index is 4.18. The number of pyridine rings is 1. The van der Waals surface area contributed by atoms with Crippen molar-refractivity contribution >= 4 is 19.3 Å². The van der Waals surface area contributed by atoms with Crippen LogP contribution in [0.5, 0.6) is 0 Å². The topological polar surface area (TPSA) is 12.9 Å². The molecular weight excluding hydrogens is 181 g/mol. The molecule has 2 heteroatoms. The molecule has 0 bridgehead atoms. The van der Waals surface area contributed by atoms with E-state index in [2.05, 4.69) is 37.9 Å². The molecule has 0 aliphatic rings. The molecular formula is C13H19BN. The van der Waals surface area contributed by atoms with Gasteiger partial charge in [0.25, 0.3) is 0 Å². The Balaban J connectivity index is 0. The molecule has 1 heterocycles. The molecule has 2 aromatic rings. The van der Waals surface area contributed by atoms with Crippen LogP contribution >= 0.6 is 0 Å². The summed E-state index contributed by atoms with van der Waals surface area (Å²) in [6, 6.07) is 12.1. The van der Waals surface area contributed by atoms with E-state index < -0.39 is 0 Å². The molecule has 3 radical (unpaired) electrons. The molecule has 0 saturated heterocycles. The van der Waals surface area contributed by atoms with Gasteiger partial charge in [-0.3, -0.25) is 4.98 Å². The van der Waals surface area contributed by atoms with E-state index in [9.17, 15) is 0 Å². The zero-order chi connectivity index (χ0) is 10.4. The standard InChI is InChI=1S/C9H7N.C4H10.B.H2/c1-2-6-9-8(4-1)5-3-7-10-9;1-4(2)3;;/h1-7H;4H,1-3H3;;1H/i;;;1+1. The van der Waals surface area contributed by atoms with Gasteiger partial charge in [0, 0.05) is 21.4 Å². The van der Waals surface area contributed by atoms with Gasteiger partial charge in [0.15, 0.2) is 0 Å². The summed E-state index contributed by atoms with van der Waals surface area (Å²) in [4.78, 5) is 4.18. The molecule has 0 amide bonds. The Hall–Kier alpha value is -1.31. The monoisotopic (exact) mass is 201 g/mol. The molecule has 0 saturated carbocycles. The molecule has 0 aliphatic heterocycles. The molecule has 1 aromatic carbocycles. The summed E-state index contributed by atoms with van der Waals surface area (Å²) in [5.74, 6) is 0.833. The van der Waals surface area contributed by atoms with Crippen molar-refractivity contribution in [2.24, 2.45) is 5.92 Å². The van der Waals surface area contributed by atoms with Crippen molar-refractivity contribution in [2.45, 2.75) is 20.8 Å². The smallest absolute Gasteiger partial charge is 0.0701 e. The third kappa shape index (κ3) is 5.21. The van der Waals surface area contributed by atoms with E-state index in [1.54, 1.807) is 0 Å². The van der Waals surface area contributed by atoms with Gasteiger partial charge in [0.05, 0.1) is 5.52 Å². The van der Waals surface area contributed by atoms with Gasteiger partial charge in [-0.05, 0) is 18.1 Å². The third-order valence-electron chi connectivity index (χ3n) is 1.51. The summed E-state index contributed by atoms with van der Waals surface area (Å²) in [5, 5.41) is 1.20. The first kappa shape index (κ1) is 13.7. The van der Waals surface area contributed by atoms with Crippen LogP contribution in [0.25, 0.3) is 10.9 Å². The zero-order valence-electron chi connectivity index (χ0n) is 9.64. The SMILES string of the molecule is CC(C)C.[2HH].[B].c1ccc2ncccc2c1. The zero-order valence-corrected chi connectivity index (χ0v) is 9.64. The van der Waals surface area contributed by atoms with Crippen molar-refractivity contribution in [1.82, 2.24) is 4.98 Å². The van der Waals surface area contributed by atoms with Crippen LogP contribution in [-0.2, 0) is 0 Å². The maximum atomic E-state index is 4.18. The number of rotatable bonds is 0. The number of hydrogen-bond donors (Lipinski definition) is 0. The summed E-state index contributed by atoms with van der Waals surface area (Å²) < 4.78 is 0. The predicted molar refractivity (Wildman–Crippen MR) is 70.1 cm³/mol. The van der Waals surface area contributed by atoms with Crippen molar-refractivity contribution in [2.75, 3.05) is 0 Å². The average molecular weight is 201 g/mol. The van der Waals surface area contributed by atoms with Gasteiger partial charge in [0.2, 0.25) is 0 Å². The minimum absolute atomic E-state index is 0. The second kappa shape index (κ2) is 7.05. The van der Waals surface area contributed by atoms with Gasteiger partial charge in [-0.1, -0.05) is 45.0 Å². The highest BCUT2D eigenvalue weighted by atomic mass is 14.6. The lowest BCUT2D eigenvalue weighted by molar-refractivity contribution is 0.737. The second-order valence-corrected chi connectivity index (χ2v) is 3.93. The minimum atomic E-state index is 0. The molecule has 2 rings (SSSR count). The van der Waals surface area contributed by atoms with E-state index in [4.69, 9.17) is 0 Å². The van der Waals surface area contributed by atoms with Gasteiger partial charge >= 0.3 is 0 Å². The number of benzene rings is 1. The summed E-state index contributed by atoms with van der Waals surface area (Å²) in [6.45, 7) is 6.50. The van der Waals surface area contributed by atoms with Crippen molar-refractivity contribution in [1.29, 1.82) is 0 Å². The lowest BCUT2D eigenvalue weighted by atomic mass is 10.2. The Morgan fingerprint density at radius 3 is 2.13 bits per heavy atom. The molecule has 15 heavy (non-hydrogen) atoms. The molecule has 0 aliphatic carbocycles. The van der Waals surface area contributed by atoms with E-state index in [1.165, 1.54) is 5.39 Å². The van der Waals surface area contributed by atoms with Crippen LogP contribution in [0.1, 0.15) is 22.2 Å². The first-order valence-electron chi connectivity index (χ1n) is 5.00. The molecule has 1 aromatic heterocycles. The number of nitrogens with zero attached hydrogens (tertiary/aromatic N) is 1. The summed E-state index contributed by atoms with van der Waals surface area (Å²) in [5.41, 5.74) is 1.06. The number of aromatic nitrogens is 1. The number of para-hydroxylation sites is 1. The van der Waals surface area contributed by atoms with Crippen molar-refractivity contribution in [3.05, 3.63) is 42.6 Å². The van der Waals surface area contributed by atoms with Crippen molar-refractivity contribution in [3.8, 4) is 0 Å². The van der Waals surface area contributed by atoms with Gasteiger partial charge in [0.1, 0.15) is 0 Å². The highest BCUT2D eigenvalue weighted by molar-refractivity contribution is 5.77. The van der Waals surface area contributed by atoms with E-state index in [0.717, 1.165) is 11.4 Å². The molecule has 0 fully saturated rings. The maximum Gasteiger partial charge on any atom is 0.0701 e. The highest BCUT2D eigenvalue weighted by Gasteiger charge is 1.86. The summed E-state index contributed by atoms with van der Waals surface area (Å²) in [7, 11) is 0. The van der Waals surface area contributed by atoms with Crippen LogP contribution in [-0.4, -0.2) is 13.4 Å². The van der Waals surface area contributed by atoms with Gasteiger partial charge in [-0.25, -0.2) is 0 Å². The summed E-state index contributed by atoms with van der Waals surface area (Å²) in [6.07, 6.45) is 1.81. The Bertz CT molecular complexity index is 322. The quantitative estimate of drug-likeness (QED) is 0.591. The molecule has 0 N–H and O–H groups in total. The summed E-state index contributed by atoms with van der Waals surface area (Å²) >= 11 is 0. The van der Waals surface area contributed by atoms with Gasteiger partial charge < -0.3 is 0 Å². The fourth-order valence-electron chi connectivity index (χ4n) is 1.02. The van der Waals surface area contributed by atoms with Gasteiger partial charge in [-0.15, -0.1) is 0 Å². The third-order valence-corrected chi connectivity index (χ3v) is 1.51.